The number of rotatable bonds is 4. The third-order valence-electron chi connectivity index (χ3n) is 3.16. The van der Waals surface area contributed by atoms with Gasteiger partial charge in [0.2, 0.25) is 0 Å². The summed E-state index contributed by atoms with van der Waals surface area (Å²) in [6.45, 7) is 4.24. The summed E-state index contributed by atoms with van der Waals surface area (Å²) in [4.78, 5) is 10.7. The largest absolute Gasteiger partial charge is 0.298 e. The van der Waals surface area contributed by atoms with Crippen LogP contribution >= 0.6 is 0 Å². The van der Waals surface area contributed by atoms with E-state index in [-0.39, 0.29) is 0 Å². The molecule has 0 fully saturated rings. The van der Waals surface area contributed by atoms with Crippen molar-refractivity contribution in [1.29, 1.82) is 0 Å². The zero-order valence-corrected chi connectivity index (χ0v) is 10.9. The summed E-state index contributed by atoms with van der Waals surface area (Å²) in [7, 11) is 0. The number of hydrogen-bond acceptors (Lipinski definition) is 1. The lowest BCUT2D eigenvalue weighted by atomic mass is 9.96. The van der Waals surface area contributed by atoms with Gasteiger partial charge in [-0.2, -0.15) is 0 Å². The molecule has 0 aliphatic heterocycles. The summed E-state index contributed by atoms with van der Waals surface area (Å²) in [5.74, 6) is 0. The Balaban J connectivity index is 2.41. The molecular formula is C17H18O. The van der Waals surface area contributed by atoms with Crippen molar-refractivity contribution in [2.75, 3.05) is 0 Å². The first-order valence-corrected chi connectivity index (χ1v) is 6.39. The van der Waals surface area contributed by atoms with E-state index in [1.165, 1.54) is 16.7 Å². The Morgan fingerprint density at radius 2 is 1.94 bits per heavy atom. The molecule has 0 amide bonds. The average Bonchev–Trinajstić information content (AvgIpc) is 2.39. The molecule has 2 aromatic rings. The number of aryl methyl sites for hydroxylation is 2. The molecule has 0 radical (unpaired) electrons. The molecule has 0 saturated heterocycles. The Morgan fingerprint density at radius 1 is 1.11 bits per heavy atom. The zero-order valence-electron chi connectivity index (χ0n) is 10.9. The first-order chi connectivity index (χ1) is 8.74. The molecule has 1 heteroatoms. The van der Waals surface area contributed by atoms with Crippen molar-refractivity contribution < 1.29 is 4.79 Å². The third kappa shape index (κ3) is 2.67. The lowest BCUT2D eigenvalue weighted by Crippen LogP contribution is -1.89. The van der Waals surface area contributed by atoms with E-state index in [9.17, 15) is 4.79 Å². The first-order valence-electron chi connectivity index (χ1n) is 6.39. The Labute approximate surface area is 108 Å². The van der Waals surface area contributed by atoms with Crippen LogP contribution in [-0.2, 0) is 6.42 Å². The number of carbonyl (C=O) groups is 1. The summed E-state index contributed by atoms with van der Waals surface area (Å²) < 4.78 is 0. The summed E-state index contributed by atoms with van der Waals surface area (Å²) in [5.41, 5.74) is 5.69. The van der Waals surface area contributed by atoms with E-state index in [2.05, 4.69) is 38.1 Å². The van der Waals surface area contributed by atoms with Gasteiger partial charge in [0, 0.05) is 5.56 Å². The number of aldehydes is 1. The highest BCUT2D eigenvalue weighted by molar-refractivity contribution is 5.78. The molecule has 0 spiro atoms. The van der Waals surface area contributed by atoms with E-state index in [4.69, 9.17) is 0 Å². The average molecular weight is 238 g/mol. The highest BCUT2D eigenvalue weighted by Gasteiger charge is 2.03. The van der Waals surface area contributed by atoms with Gasteiger partial charge in [0.25, 0.3) is 0 Å². The number of benzene rings is 2. The summed E-state index contributed by atoms with van der Waals surface area (Å²) >= 11 is 0. The van der Waals surface area contributed by atoms with Crippen LogP contribution in [0.25, 0.3) is 11.1 Å². The monoisotopic (exact) mass is 238 g/mol. The van der Waals surface area contributed by atoms with Crippen molar-refractivity contribution >= 4 is 6.29 Å². The second-order valence-corrected chi connectivity index (χ2v) is 4.64. The van der Waals surface area contributed by atoms with Crippen LogP contribution in [0.3, 0.4) is 0 Å². The highest BCUT2D eigenvalue weighted by Crippen LogP contribution is 2.25. The van der Waals surface area contributed by atoms with Gasteiger partial charge in [-0.05, 0) is 41.7 Å². The van der Waals surface area contributed by atoms with Crippen LogP contribution in [0.5, 0.6) is 0 Å². The Hall–Kier alpha value is -1.89. The van der Waals surface area contributed by atoms with Gasteiger partial charge < -0.3 is 0 Å². The van der Waals surface area contributed by atoms with Crippen LogP contribution in [0.1, 0.15) is 34.8 Å². The number of carbonyl (C=O) groups excluding carboxylic acids is 1. The van der Waals surface area contributed by atoms with E-state index < -0.39 is 0 Å². The van der Waals surface area contributed by atoms with E-state index in [1.54, 1.807) is 0 Å². The van der Waals surface area contributed by atoms with E-state index in [1.807, 2.05) is 18.2 Å². The lowest BCUT2D eigenvalue weighted by molar-refractivity contribution is 0.112. The third-order valence-corrected chi connectivity index (χ3v) is 3.16. The first kappa shape index (κ1) is 12.6. The molecule has 0 aliphatic rings. The molecule has 0 saturated carbocycles. The highest BCUT2D eigenvalue weighted by atomic mass is 16.1. The maximum absolute atomic E-state index is 10.7. The Kier molecular flexibility index (Phi) is 3.93. The Morgan fingerprint density at radius 3 is 2.61 bits per heavy atom. The normalized spacial score (nSPS) is 10.3. The van der Waals surface area contributed by atoms with Gasteiger partial charge in [-0.1, -0.05) is 49.7 Å². The molecular weight excluding hydrogens is 220 g/mol. The van der Waals surface area contributed by atoms with Gasteiger partial charge in [-0.3, -0.25) is 4.79 Å². The van der Waals surface area contributed by atoms with Gasteiger partial charge in [0.15, 0.2) is 0 Å². The molecule has 0 N–H and O–H groups in total. The van der Waals surface area contributed by atoms with Crippen molar-refractivity contribution in [3.05, 3.63) is 59.2 Å². The quantitative estimate of drug-likeness (QED) is 0.720. The molecule has 0 atom stereocenters. The summed E-state index contributed by atoms with van der Waals surface area (Å²) in [5, 5.41) is 0. The fourth-order valence-corrected chi connectivity index (χ4v) is 2.27. The van der Waals surface area contributed by atoms with Gasteiger partial charge in [-0.25, -0.2) is 0 Å². The van der Waals surface area contributed by atoms with E-state index in [0.29, 0.717) is 0 Å². The zero-order chi connectivity index (χ0) is 13.0. The lowest BCUT2D eigenvalue weighted by Gasteiger charge is -2.08. The maximum atomic E-state index is 10.7. The molecule has 1 nitrogen and oxygen atoms in total. The van der Waals surface area contributed by atoms with Gasteiger partial charge in [-0.15, -0.1) is 0 Å². The Bertz CT molecular complexity index is 555. The smallest absolute Gasteiger partial charge is 0.150 e. The van der Waals surface area contributed by atoms with Gasteiger partial charge in [0.1, 0.15) is 6.29 Å². The predicted octanol–water partition coefficient (Wildman–Crippen LogP) is 4.43. The second kappa shape index (κ2) is 5.63. The van der Waals surface area contributed by atoms with Gasteiger partial charge >= 0.3 is 0 Å². The van der Waals surface area contributed by atoms with E-state index in [0.717, 1.165) is 30.3 Å². The minimum absolute atomic E-state index is 0.737. The second-order valence-electron chi connectivity index (χ2n) is 4.64. The SMILES string of the molecule is CCCc1cccc(-c2ccc(C=O)cc2C)c1. The minimum atomic E-state index is 0.737. The molecule has 0 aliphatic carbocycles. The predicted molar refractivity (Wildman–Crippen MR) is 76.0 cm³/mol. The molecule has 0 unspecified atom stereocenters. The minimum Gasteiger partial charge on any atom is -0.298 e. The summed E-state index contributed by atoms with van der Waals surface area (Å²) in [6, 6.07) is 14.5. The standard InChI is InChI=1S/C17H18O/c1-3-5-14-6-4-7-16(11-14)17-9-8-15(12-18)10-13(17)2/h4,6-12H,3,5H2,1-2H3. The van der Waals surface area contributed by atoms with Crippen LogP contribution in [-0.4, -0.2) is 6.29 Å². The van der Waals surface area contributed by atoms with E-state index >= 15 is 0 Å². The molecule has 2 aromatic carbocycles. The van der Waals surface area contributed by atoms with Crippen molar-refractivity contribution in [2.45, 2.75) is 26.7 Å². The molecule has 0 aromatic heterocycles. The van der Waals surface area contributed by atoms with Crippen molar-refractivity contribution in [1.82, 2.24) is 0 Å². The summed E-state index contributed by atoms with van der Waals surface area (Å²) in [6.07, 6.45) is 3.16. The molecule has 0 bridgehead atoms. The molecule has 18 heavy (non-hydrogen) atoms. The fourth-order valence-electron chi connectivity index (χ4n) is 2.27. The maximum Gasteiger partial charge on any atom is 0.150 e. The van der Waals surface area contributed by atoms with Crippen molar-refractivity contribution in [3.8, 4) is 11.1 Å². The number of hydrogen-bond donors (Lipinski definition) is 0. The molecule has 92 valence electrons. The van der Waals surface area contributed by atoms with Crippen LogP contribution < -0.4 is 0 Å². The van der Waals surface area contributed by atoms with Crippen molar-refractivity contribution in [2.24, 2.45) is 0 Å². The van der Waals surface area contributed by atoms with Crippen molar-refractivity contribution in [3.63, 3.8) is 0 Å². The molecule has 2 rings (SSSR count). The van der Waals surface area contributed by atoms with Crippen LogP contribution in [0, 0.1) is 6.92 Å². The molecule has 0 heterocycles. The van der Waals surface area contributed by atoms with Gasteiger partial charge in [0.05, 0.1) is 0 Å². The fraction of sp³-hybridized carbons (Fsp3) is 0.235. The van der Waals surface area contributed by atoms with Crippen LogP contribution in [0.15, 0.2) is 42.5 Å². The van der Waals surface area contributed by atoms with Crippen LogP contribution in [0.4, 0.5) is 0 Å². The van der Waals surface area contributed by atoms with Crippen LogP contribution in [0.2, 0.25) is 0 Å². The topological polar surface area (TPSA) is 17.1 Å².